The molecule has 2 saturated heterocycles. The molecule has 0 aromatic carbocycles. The molecule has 5 nitrogen and oxygen atoms in total. The van der Waals surface area contributed by atoms with Gasteiger partial charge < -0.3 is 24.8 Å². The summed E-state index contributed by atoms with van der Waals surface area (Å²) >= 11 is 0. The number of rotatable bonds is 1. The summed E-state index contributed by atoms with van der Waals surface area (Å²) in [5.41, 5.74) is 0. The van der Waals surface area contributed by atoms with Crippen LogP contribution in [0.4, 0.5) is 0 Å². The summed E-state index contributed by atoms with van der Waals surface area (Å²) < 4.78 is 9.86. The molecule has 2 fully saturated rings. The highest BCUT2D eigenvalue weighted by Crippen LogP contribution is 2.35. The van der Waals surface area contributed by atoms with Gasteiger partial charge >= 0.3 is 0 Å². The van der Waals surface area contributed by atoms with Crippen LogP contribution in [-0.2, 0) is 9.47 Å². The van der Waals surface area contributed by atoms with Crippen LogP contribution in [0.2, 0.25) is 0 Å². The fraction of sp³-hybridized carbons (Fsp3) is 1.00. The smallest absolute Gasteiger partial charge is 0.187 e. The van der Waals surface area contributed by atoms with Crippen molar-refractivity contribution >= 4 is 0 Å². The molecule has 0 amide bonds. The molecule has 0 bridgehead atoms. The summed E-state index contributed by atoms with van der Waals surface area (Å²) in [5.74, 6) is 0. The molecular formula is C6H10O5. The number of fused-ring (bicyclic) bond motifs is 1. The number of aliphatic hydroxyl groups is 3. The molecule has 1 unspecified atom stereocenters. The molecule has 64 valence electrons. The standard InChI is InChI=1S/C6H10O5/c7-1-2-3(8)4(9)5-6(10-2)11-5/h2-9H,1H2/t2-,3+,4+,5-,6?/m1/s1. The maximum absolute atomic E-state index is 9.22. The molecule has 11 heavy (non-hydrogen) atoms. The second kappa shape index (κ2) is 2.40. The fourth-order valence-corrected chi connectivity index (χ4v) is 1.28. The van der Waals surface area contributed by atoms with Crippen LogP contribution in [0.1, 0.15) is 0 Å². The van der Waals surface area contributed by atoms with Gasteiger partial charge in [-0.2, -0.15) is 0 Å². The van der Waals surface area contributed by atoms with Gasteiger partial charge in [0.05, 0.1) is 6.61 Å². The van der Waals surface area contributed by atoms with Crippen LogP contribution in [0.3, 0.4) is 0 Å². The van der Waals surface area contributed by atoms with Gasteiger partial charge in [0, 0.05) is 0 Å². The molecule has 2 aliphatic heterocycles. The van der Waals surface area contributed by atoms with Gasteiger partial charge in [-0.05, 0) is 0 Å². The van der Waals surface area contributed by atoms with E-state index in [-0.39, 0.29) is 6.61 Å². The average Bonchev–Trinajstić information content (AvgIpc) is 2.75. The van der Waals surface area contributed by atoms with Crippen molar-refractivity contribution in [3.63, 3.8) is 0 Å². The van der Waals surface area contributed by atoms with Crippen LogP contribution < -0.4 is 0 Å². The molecule has 2 heterocycles. The molecule has 5 heteroatoms. The lowest BCUT2D eigenvalue weighted by atomic mass is 10.0. The molecule has 0 spiro atoms. The fourth-order valence-electron chi connectivity index (χ4n) is 1.28. The van der Waals surface area contributed by atoms with E-state index >= 15 is 0 Å². The zero-order valence-electron chi connectivity index (χ0n) is 5.75. The van der Waals surface area contributed by atoms with Gasteiger partial charge in [-0.15, -0.1) is 0 Å². The SMILES string of the molecule is OC[C@H]1OC2O[C@@H]2[C@@H](O)[C@H]1O. The monoisotopic (exact) mass is 162 g/mol. The minimum atomic E-state index is -1.04. The first-order chi connectivity index (χ1) is 5.24. The van der Waals surface area contributed by atoms with Gasteiger partial charge in [0.1, 0.15) is 24.4 Å². The molecule has 2 rings (SSSR count). The number of epoxide rings is 1. The minimum absolute atomic E-state index is 0.301. The van der Waals surface area contributed by atoms with Gasteiger partial charge in [-0.1, -0.05) is 0 Å². The van der Waals surface area contributed by atoms with E-state index in [0.29, 0.717) is 0 Å². The Kier molecular flexibility index (Phi) is 1.62. The van der Waals surface area contributed by atoms with E-state index in [1.54, 1.807) is 0 Å². The van der Waals surface area contributed by atoms with Crippen LogP contribution in [0.25, 0.3) is 0 Å². The summed E-state index contributed by atoms with van der Waals surface area (Å²) in [6.07, 6.45) is -3.50. The van der Waals surface area contributed by atoms with Gasteiger partial charge in [0.15, 0.2) is 6.29 Å². The van der Waals surface area contributed by atoms with Crippen LogP contribution in [0.5, 0.6) is 0 Å². The maximum Gasteiger partial charge on any atom is 0.187 e. The summed E-state index contributed by atoms with van der Waals surface area (Å²) in [5, 5.41) is 27.1. The highest BCUT2D eigenvalue weighted by molar-refractivity contribution is 4.96. The Labute approximate surface area is 63.2 Å². The van der Waals surface area contributed by atoms with E-state index in [9.17, 15) is 10.2 Å². The molecule has 5 atom stereocenters. The van der Waals surface area contributed by atoms with Crippen molar-refractivity contribution in [1.29, 1.82) is 0 Å². The predicted octanol–water partition coefficient (Wildman–Crippen LogP) is -2.18. The molecule has 0 aliphatic carbocycles. The first-order valence-corrected chi connectivity index (χ1v) is 3.52. The van der Waals surface area contributed by atoms with E-state index in [1.165, 1.54) is 0 Å². The van der Waals surface area contributed by atoms with E-state index in [0.717, 1.165) is 0 Å². The molecule has 0 saturated carbocycles. The third kappa shape index (κ3) is 1.05. The molecule has 0 aromatic rings. The first kappa shape index (κ1) is 7.45. The first-order valence-electron chi connectivity index (χ1n) is 3.52. The lowest BCUT2D eigenvalue weighted by Crippen LogP contribution is -2.48. The highest BCUT2D eigenvalue weighted by atomic mass is 16.8. The number of aliphatic hydroxyl groups excluding tert-OH is 3. The molecule has 2 aliphatic rings. The van der Waals surface area contributed by atoms with E-state index in [2.05, 4.69) is 0 Å². The van der Waals surface area contributed by atoms with Crippen LogP contribution in [-0.4, -0.2) is 52.6 Å². The topological polar surface area (TPSA) is 82.5 Å². The van der Waals surface area contributed by atoms with Gasteiger partial charge in [0.2, 0.25) is 0 Å². The quantitative estimate of drug-likeness (QED) is 0.382. The Morgan fingerprint density at radius 1 is 1.09 bits per heavy atom. The third-order valence-electron chi connectivity index (χ3n) is 2.04. The minimum Gasteiger partial charge on any atom is -0.394 e. The Bertz CT molecular complexity index is 161. The Morgan fingerprint density at radius 2 is 1.82 bits per heavy atom. The number of ether oxygens (including phenoxy) is 2. The Balaban J connectivity index is 2.03. The van der Waals surface area contributed by atoms with Gasteiger partial charge in [-0.25, -0.2) is 0 Å². The second-order valence-electron chi connectivity index (χ2n) is 2.81. The average molecular weight is 162 g/mol. The van der Waals surface area contributed by atoms with Gasteiger partial charge in [-0.3, -0.25) is 0 Å². The molecule has 0 aromatic heterocycles. The predicted molar refractivity (Wildman–Crippen MR) is 32.6 cm³/mol. The van der Waals surface area contributed by atoms with Crippen molar-refractivity contribution in [2.45, 2.75) is 30.7 Å². The zero-order chi connectivity index (χ0) is 8.01. The van der Waals surface area contributed by atoms with E-state index in [4.69, 9.17) is 14.6 Å². The summed E-state index contributed by atoms with van der Waals surface area (Å²) in [6, 6.07) is 0. The lowest BCUT2D eigenvalue weighted by molar-refractivity contribution is -0.144. The number of hydrogen-bond acceptors (Lipinski definition) is 5. The third-order valence-corrected chi connectivity index (χ3v) is 2.04. The van der Waals surface area contributed by atoms with E-state index < -0.39 is 30.7 Å². The van der Waals surface area contributed by atoms with E-state index in [1.807, 2.05) is 0 Å². The summed E-state index contributed by atoms with van der Waals surface area (Å²) in [6.45, 7) is -0.301. The highest BCUT2D eigenvalue weighted by Gasteiger charge is 2.55. The summed E-state index contributed by atoms with van der Waals surface area (Å²) in [7, 11) is 0. The Hall–Kier alpha value is -0.200. The zero-order valence-corrected chi connectivity index (χ0v) is 5.75. The van der Waals surface area contributed by atoms with Crippen LogP contribution in [0.15, 0.2) is 0 Å². The Morgan fingerprint density at radius 3 is 2.45 bits per heavy atom. The number of hydrogen-bond donors (Lipinski definition) is 3. The van der Waals surface area contributed by atoms with Gasteiger partial charge in [0.25, 0.3) is 0 Å². The maximum atomic E-state index is 9.22. The lowest BCUT2D eigenvalue weighted by Gasteiger charge is -2.27. The van der Waals surface area contributed by atoms with Crippen molar-refractivity contribution in [3.05, 3.63) is 0 Å². The van der Waals surface area contributed by atoms with Crippen molar-refractivity contribution in [3.8, 4) is 0 Å². The molecule has 0 radical (unpaired) electrons. The normalized spacial score (nSPS) is 55.4. The van der Waals surface area contributed by atoms with Crippen molar-refractivity contribution in [2.24, 2.45) is 0 Å². The van der Waals surface area contributed by atoms with Crippen molar-refractivity contribution < 1.29 is 24.8 Å². The molecular weight excluding hydrogens is 152 g/mol. The largest absolute Gasteiger partial charge is 0.394 e. The van der Waals surface area contributed by atoms with Crippen molar-refractivity contribution in [1.82, 2.24) is 0 Å². The molecule has 3 N–H and O–H groups in total. The van der Waals surface area contributed by atoms with Crippen molar-refractivity contribution in [2.75, 3.05) is 6.61 Å². The van der Waals surface area contributed by atoms with Crippen LogP contribution in [0, 0.1) is 0 Å². The summed E-state index contributed by atoms with van der Waals surface area (Å²) in [4.78, 5) is 0. The van der Waals surface area contributed by atoms with Crippen LogP contribution >= 0.6 is 0 Å². The second-order valence-corrected chi connectivity index (χ2v) is 2.81.